The summed E-state index contributed by atoms with van der Waals surface area (Å²) in [5.41, 5.74) is 2.57. The SMILES string of the molecule is O=C1c2cc([N+](=O)[O-])ccc2-c2ccc(Br)c3cccc1c23. The van der Waals surface area contributed by atoms with Crippen LogP contribution in [0.4, 0.5) is 5.69 Å². The van der Waals surface area contributed by atoms with Crippen LogP contribution in [0.15, 0.2) is 53.0 Å². The third kappa shape index (κ3) is 1.66. The van der Waals surface area contributed by atoms with E-state index in [0.29, 0.717) is 11.1 Å². The molecule has 0 aliphatic heterocycles. The number of non-ortho nitro benzene ring substituents is 1. The topological polar surface area (TPSA) is 60.2 Å². The van der Waals surface area contributed by atoms with Gasteiger partial charge >= 0.3 is 0 Å². The number of nitro benzene ring substituents is 1. The van der Waals surface area contributed by atoms with Crippen LogP contribution in [0.5, 0.6) is 0 Å². The summed E-state index contributed by atoms with van der Waals surface area (Å²) in [6, 6.07) is 13.9. The highest BCUT2D eigenvalue weighted by atomic mass is 79.9. The monoisotopic (exact) mass is 353 g/mol. The van der Waals surface area contributed by atoms with Gasteiger partial charge in [0.05, 0.1) is 4.92 Å². The van der Waals surface area contributed by atoms with Crippen molar-refractivity contribution >= 4 is 38.2 Å². The summed E-state index contributed by atoms with van der Waals surface area (Å²) in [7, 11) is 0. The largest absolute Gasteiger partial charge is 0.289 e. The second kappa shape index (κ2) is 4.48. The Bertz CT molecular complexity index is 995. The van der Waals surface area contributed by atoms with Crippen molar-refractivity contribution in [2.75, 3.05) is 0 Å². The van der Waals surface area contributed by atoms with E-state index in [2.05, 4.69) is 15.9 Å². The fourth-order valence-electron chi connectivity index (χ4n) is 3.00. The zero-order valence-corrected chi connectivity index (χ0v) is 12.8. The predicted octanol–water partition coefficient (Wildman–Crippen LogP) is 4.72. The van der Waals surface area contributed by atoms with Crippen molar-refractivity contribution in [1.82, 2.24) is 0 Å². The number of carbonyl (C=O) groups excluding carboxylic acids is 1. The van der Waals surface area contributed by atoms with Gasteiger partial charge < -0.3 is 0 Å². The Morgan fingerprint density at radius 1 is 0.909 bits per heavy atom. The molecule has 4 rings (SSSR count). The fraction of sp³-hybridized carbons (Fsp3) is 0. The van der Waals surface area contributed by atoms with Gasteiger partial charge in [-0.3, -0.25) is 14.9 Å². The summed E-state index contributed by atoms with van der Waals surface area (Å²) in [5, 5.41) is 12.8. The Hall–Kier alpha value is -2.53. The average Bonchev–Trinajstić information content (AvgIpc) is 2.53. The quantitative estimate of drug-likeness (QED) is 0.367. The first-order valence-corrected chi connectivity index (χ1v) is 7.42. The molecular formula is C17H8BrNO3. The molecule has 0 saturated heterocycles. The number of rotatable bonds is 1. The van der Waals surface area contributed by atoms with E-state index in [0.717, 1.165) is 26.4 Å². The van der Waals surface area contributed by atoms with Crippen molar-refractivity contribution in [3.63, 3.8) is 0 Å². The number of hydrogen-bond acceptors (Lipinski definition) is 3. The molecule has 106 valence electrons. The number of fused-ring (bicyclic) bond motifs is 2. The van der Waals surface area contributed by atoms with E-state index >= 15 is 0 Å². The summed E-state index contributed by atoms with van der Waals surface area (Å²) in [6.07, 6.45) is 0. The van der Waals surface area contributed by atoms with Crippen molar-refractivity contribution in [2.24, 2.45) is 0 Å². The van der Waals surface area contributed by atoms with Gasteiger partial charge in [0.25, 0.3) is 5.69 Å². The Kier molecular flexibility index (Phi) is 2.68. The Labute approximate surface area is 133 Å². The molecule has 0 aromatic heterocycles. The lowest BCUT2D eigenvalue weighted by molar-refractivity contribution is -0.384. The zero-order chi connectivity index (χ0) is 15.4. The smallest absolute Gasteiger partial charge is 0.270 e. The van der Waals surface area contributed by atoms with Crippen molar-refractivity contribution in [3.8, 4) is 11.1 Å². The minimum absolute atomic E-state index is 0.0696. The van der Waals surface area contributed by atoms with E-state index in [1.165, 1.54) is 12.1 Å². The van der Waals surface area contributed by atoms with Gasteiger partial charge in [-0.25, -0.2) is 0 Å². The van der Waals surface area contributed by atoms with Gasteiger partial charge in [0.2, 0.25) is 0 Å². The third-order valence-electron chi connectivity index (χ3n) is 3.98. The number of carbonyl (C=O) groups is 1. The van der Waals surface area contributed by atoms with Gasteiger partial charge in [-0.1, -0.05) is 40.2 Å². The molecule has 4 nitrogen and oxygen atoms in total. The fourth-order valence-corrected chi connectivity index (χ4v) is 3.46. The molecule has 0 amide bonds. The molecule has 22 heavy (non-hydrogen) atoms. The minimum atomic E-state index is -0.481. The van der Waals surface area contributed by atoms with E-state index in [9.17, 15) is 14.9 Å². The van der Waals surface area contributed by atoms with Crippen LogP contribution < -0.4 is 0 Å². The van der Waals surface area contributed by atoms with Crippen molar-refractivity contribution in [2.45, 2.75) is 0 Å². The first-order valence-electron chi connectivity index (χ1n) is 6.62. The third-order valence-corrected chi connectivity index (χ3v) is 4.67. The molecule has 5 heteroatoms. The number of benzene rings is 3. The van der Waals surface area contributed by atoms with Crippen LogP contribution in [0.2, 0.25) is 0 Å². The molecule has 0 unspecified atom stereocenters. The van der Waals surface area contributed by atoms with Gasteiger partial charge in [-0.2, -0.15) is 0 Å². The second-order valence-electron chi connectivity index (χ2n) is 5.14. The number of nitro groups is 1. The first kappa shape index (κ1) is 13.2. The van der Waals surface area contributed by atoms with Crippen LogP contribution in [0.3, 0.4) is 0 Å². The van der Waals surface area contributed by atoms with Gasteiger partial charge in [0.15, 0.2) is 5.78 Å². The molecule has 3 aromatic carbocycles. The second-order valence-corrected chi connectivity index (χ2v) is 5.99. The Morgan fingerprint density at radius 2 is 1.68 bits per heavy atom. The van der Waals surface area contributed by atoms with Gasteiger partial charge in [-0.15, -0.1) is 0 Å². The lowest BCUT2D eigenvalue weighted by atomic mass is 9.83. The molecule has 0 spiro atoms. The maximum atomic E-state index is 12.7. The van der Waals surface area contributed by atoms with Crippen LogP contribution in [-0.2, 0) is 0 Å². The van der Waals surface area contributed by atoms with E-state index in [4.69, 9.17) is 0 Å². The lowest BCUT2D eigenvalue weighted by Gasteiger charge is -2.20. The van der Waals surface area contributed by atoms with Crippen LogP contribution in [-0.4, -0.2) is 10.7 Å². The standard InChI is InChI=1S/C17H8BrNO3/c18-15-7-6-11-10-5-4-9(19(21)22)8-14(10)17(20)13-3-1-2-12(15)16(11)13/h1-8H. The molecule has 0 bridgehead atoms. The summed E-state index contributed by atoms with van der Waals surface area (Å²) in [5.74, 6) is -0.171. The highest BCUT2D eigenvalue weighted by molar-refractivity contribution is 9.10. The molecule has 1 aliphatic carbocycles. The molecular weight excluding hydrogens is 346 g/mol. The van der Waals surface area contributed by atoms with E-state index < -0.39 is 4.92 Å². The normalized spacial score (nSPS) is 12.3. The maximum Gasteiger partial charge on any atom is 0.270 e. The van der Waals surface area contributed by atoms with Crippen LogP contribution in [0, 0.1) is 10.1 Å². The van der Waals surface area contributed by atoms with E-state index in [1.54, 1.807) is 12.1 Å². The number of halogens is 1. The van der Waals surface area contributed by atoms with Gasteiger partial charge in [0.1, 0.15) is 0 Å². The minimum Gasteiger partial charge on any atom is -0.289 e. The molecule has 0 fully saturated rings. The maximum absolute atomic E-state index is 12.7. The number of hydrogen-bond donors (Lipinski definition) is 0. The molecule has 0 N–H and O–H groups in total. The predicted molar refractivity (Wildman–Crippen MR) is 87.2 cm³/mol. The summed E-state index contributed by atoms with van der Waals surface area (Å²) >= 11 is 3.51. The highest BCUT2D eigenvalue weighted by Crippen LogP contribution is 2.42. The van der Waals surface area contributed by atoms with Crippen LogP contribution in [0.1, 0.15) is 15.9 Å². The highest BCUT2D eigenvalue weighted by Gasteiger charge is 2.27. The summed E-state index contributed by atoms with van der Waals surface area (Å²) in [6.45, 7) is 0. The average molecular weight is 354 g/mol. The van der Waals surface area contributed by atoms with E-state index in [1.807, 2.05) is 24.3 Å². The van der Waals surface area contributed by atoms with E-state index in [-0.39, 0.29) is 11.5 Å². The molecule has 0 atom stereocenters. The molecule has 0 heterocycles. The Morgan fingerprint density at radius 3 is 2.45 bits per heavy atom. The van der Waals surface area contributed by atoms with Gasteiger partial charge in [0, 0.05) is 33.1 Å². The summed E-state index contributed by atoms with van der Waals surface area (Å²) < 4.78 is 0.922. The van der Waals surface area contributed by atoms with Gasteiger partial charge in [-0.05, 0) is 28.6 Å². The summed E-state index contributed by atoms with van der Waals surface area (Å²) in [4.78, 5) is 23.2. The zero-order valence-electron chi connectivity index (χ0n) is 11.2. The van der Waals surface area contributed by atoms with Crippen molar-refractivity contribution in [3.05, 3.63) is 74.2 Å². The van der Waals surface area contributed by atoms with Crippen molar-refractivity contribution < 1.29 is 9.72 Å². The van der Waals surface area contributed by atoms with Crippen LogP contribution in [0.25, 0.3) is 21.9 Å². The molecule has 0 radical (unpaired) electrons. The molecule has 0 saturated carbocycles. The van der Waals surface area contributed by atoms with Crippen LogP contribution >= 0.6 is 15.9 Å². The molecule has 3 aromatic rings. The lowest BCUT2D eigenvalue weighted by Crippen LogP contribution is -2.10. The number of ketones is 1. The first-order chi connectivity index (χ1) is 10.6. The van der Waals surface area contributed by atoms with Crippen molar-refractivity contribution in [1.29, 1.82) is 0 Å². The number of nitrogens with zero attached hydrogens (tertiary/aromatic N) is 1. The Balaban J connectivity index is 2.15. The molecule has 1 aliphatic rings.